The zero-order valence-corrected chi connectivity index (χ0v) is 18.1. The first-order valence-corrected chi connectivity index (χ1v) is 10.5. The second-order valence-corrected chi connectivity index (χ2v) is 8.43. The van der Waals surface area contributed by atoms with Crippen LogP contribution < -0.4 is 9.80 Å². The Labute approximate surface area is 186 Å². The summed E-state index contributed by atoms with van der Waals surface area (Å²) in [5, 5.41) is 0. The zero-order chi connectivity index (χ0) is 22.6. The van der Waals surface area contributed by atoms with Crippen molar-refractivity contribution in [2.45, 2.75) is 19.1 Å². The van der Waals surface area contributed by atoms with Gasteiger partial charge in [0.05, 0.1) is 11.1 Å². The Hall–Kier alpha value is -3.93. The van der Waals surface area contributed by atoms with Crippen molar-refractivity contribution < 1.29 is 14.4 Å². The van der Waals surface area contributed by atoms with Crippen LogP contribution in [0.1, 0.15) is 37.9 Å². The van der Waals surface area contributed by atoms with Gasteiger partial charge in [0.15, 0.2) is 6.17 Å². The average Bonchev–Trinajstić information content (AvgIpc) is 3.04. The van der Waals surface area contributed by atoms with Crippen LogP contribution in [0.4, 0.5) is 11.4 Å². The number of hydrogen-bond acceptors (Lipinski definition) is 5. The molecule has 0 aliphatic carbocycles. The Kier molecular flexibility index (Phi) is 4.59. The van der Waals surface area contributed by atoms with Gasteiger partial charge in [-0.05, 0) is 48.9 Å². The lowest BCUT2D eigenvalue weighted by Crippen LogP contribution is -2.68. The molecule has 0 aromatic heterocycles. The SMILES string of the molecule is Cc1ccc(N2C(c3ccc(N(C)C)cc3)C(=O)C2N2C(=O)c3ccccc3C2=O)cc1. The van der Waals surface area contributed by atoms with E-state index in [1.807, 2.05) is 79.3 Å². The van der Waals surface area contributed by atoms with Gasteiger partial charge in [-0.3, -0.25) is 14.4 Å². The number of Topliss-reactive ketones (excluding diaryl/α,β-unsaturated/α-hetero) is 1. The summed E-state index contributed by atoms with van der Waals surface area (Å²) in [6.45, 7) is 1.99. The van der Waals surface area contributed by atoms with E-state index in [2.05, 4.69) is 0 Å². The predicted octanol–water partition coefficient (Wildman–Crippen LogP) is 3.81. The number of imide groups is 1. The highest BCUT2D eigenvalue weighted by molar-refractivity contribution is 6.24. The number of anilines is 2. The number of carbonyl (C=O) groups is 3. The summed E-state index contributed by atoms with van der Waals surface area (Å²) in [6, 6.07) is 21.7. The van der Waals surface area contributed by atoms with Crippen molar-refractivity contribution in [2.75, 3.05) is 23.9 Å². The fourth-order valence-electron chi connectivity index (χ4n) is 4.44. The summed E-state index contributed by atoms with van der Waals surface area (Å²) in [5.41, 5.74) is 4.41. The third kappa shape index (κ3) is 2.91. The molecule has 1 fully saturated rings. The maximum absolute atomic E-state index is 13.5. The number of hydrogen-bond donors (Lipinski definition) is 0. The highest BCUT2D eigenvalue weighted by atomic mass is 16.2. The lowest BCUT2D eigenvalue weighted by atomic mass is 9.88. The van der Waals surface area contributed by atoms with Gasteiger partial charge >= 0.3 is 0 Å². The molecule has 2 amide bonds. The van der Waals surface area contributed by atoms with Crippen molar-refractivity contribution in [3.63, 3.8) is 0 Å². The molecule has 0 radical (unpaired) electrons. The molecule has 0 spiro atoms. The van der Waals surface area contributed by atoms with Crippen LogP contribution in [0.3, 0.4) is 0 Å². The van der Waals surface area contributed by atoms with Crippen molar-refractivity contribution >= 4 is 29.0 Å². The minimum absolute atomic E-state index is 0.169. The molecule has 0 N–H and O–H groups in total. The van der Waals surface area contributed by atoms with Crippen LogP contribution in [0, 0.1) is 6.92 Å². The Morgan fingerprint density at radius 2 is 1.31 bits per heavy atom. The van der Waals surface area contributed by atoms with E-state index >= 15 is 0 Å². The molecular weight excluding hydrogens is 402 g/mol. The molecule has 5 rings (SSSR count). The molecule has 2 unspecified atom stereocenters. The largest absolute Gasteiger partial charge is 0.378 e. The molecular formula is C26H23N3O3. The Morgan fingerprint density at radius 1 is 0.750 bits per heavy atom. The minimum atomic E-state index is -0.969. The smallest absolute Gasteiger partial charge is 0.263 e. The molecule has 2 aliphatic rings. The van der Waals surface area contributed by atoms with E-state index in [0.29, 0.717) is 11.1 Å². The van der Waals surface area contributed by atoms with Crippen LogP contribution in [0.2, 0.25) is 0 Å². The fourth-order valence-corrected chi connectivity index (χ4v) is 4.44. The maximum Gasteiger partial charge on any atom is 0.263 e. The lowest BCUT2D eigenvalue weighted by Gasteiger charge is -2.51. The van der Waals surface area contributed by atoms with Crippen LogP contribution in [0.15, 0.2) is 72.8 Å². The van der Waals surface area contributed by atoms with Gasteiger partial charge in [-0.25, -0.2) is 4.90 Å². The van der Waals surface area contributed by atoms with Gasteiger partial charge in [-0.2, -0.15) is 0 Å². The molecule has 2 atom stereocenters. The van der Waals surface area contributed by atoms with Crippen molar-refractivity contribution in [2.24, 2.45) is 0 Å². The zero-order valence-electron chi connectivity index (χ0n) is 18.1. The standard InChI is InChI=1S/C26H23N3O3/c1-16-8-12-19(13-9-16)28-22(17-10-14-18(15-11-17)27(2)3)23(30)24(28)29-25(31)20-6-4-5-7-21(20)26(29)32/h4-15,22,24H,1-3H3. The second kappa shape index (κ2) is 7.34. The molecule has 0 bridgehead atoms. The Morgan fingerprint density at radius 3 is 1.84 bits per heavy atom. The van der Waals surface area contributed by atoms with E-state index in [4.69, 9.17) is 0 Å². The normalized spacial score (nSPS) is 19.8. The number of carbonyl (C=O) groups excluding carboxylic acids is 3. The first kappa shape index (κ1) is 20.0. The Bertz CT molecular complexity index is 1200. The minimum Gasteiger partial charge on any atom is -0.378 e. The van der Waals surface area contributed by atoms with Gasteiger partial charge in [0, 0.05) is 25.5 Å². The fraction of sp³-hybridized carbons (Fsp3) is 0.192. The van der Waals surface area contributed by atoms with E-state index in [0.717, 1.165) is 27.4 Å². The van der Waals surface area contributed by atoms with Crippen LogP contribution in [0.5, 0.6) is 0 Å². The number of nitrogens with zero attached hydrogens (tertiary/aromatic N) is 3. The number of benzene rings is 3. The van der Waals surface area contributed by atoms with Crippen LogP contribution >= 0.6 is 0 Å². The Balaban J connectivity index is 1.56. The monoisotopic (exact) mass is 425 g/mol. The predicted molar refractivity (Wildman–Crippen MR) is 123 cm³/mol. The third-order valence-corrected chi connectivity index (χ3v) is 6.19. The lowest BCUT2D eigenvalue weighted by molar-refractivity contribution is -0.131. The summed E-state index contributed by atoms with van der Waals surface area (Å²) in [5.74, 6) is -1.03. The molecule has 1 saturated heterocycles. The summed E-state index contributed by atoms with van der Waals surface area (Å²) in [4.78, 5) is 44.6. The molecule has 160 valence electrons. The maximum atomic E-state index is 13.5. The molecule has 2 heterocycles. The first-order chi connectivity index (χ1) is 15.4. The summed E-state index contributed by atoms with van der Waals surface area (Å²) in [6.07, 6.45) is -0.969. The van der Waals surface area contributed by atoms with Gasteiger partial charge in [0.1, 0.15) is 6.04 Å². The van der Waals surface area contributed by atoms with Crippen molar-refractivity contribution in [1.29, 1.82) is 0 Å². The van der Waals surface area contributed by atoms with E-state index in [1.165, 1.54) is 0 Å². The number of aryl methyl sites for hydroxylation is 1. The van der Waals surface area contributed by atoms with E-state index in [9.17, 15) is 14.4 Å². The van der Waals surface area contributed by atoms with E-state index in [-0.39, 0.29) is 5.78 Å². The molecule has 32 heavy (non-hydrogen) atoms. The third-order valence-electron chi connectivity index (χ3n) is 6.19. The summed E-state index contributed by atoms with van der Waals surface area (Å²) < 4.78 is 0. The van der Waals surface area contributed by atoms with Gasteiger partial charge in [-0.1, -0.05) is 42.0 Å². The number of amides is 2. The van der Waals surface area contributed by atoms with Crippen LogP contribution in [-0.4, -0.2) is 42.8 Å². The quantitative estimate of drug-likeness (QED) is 0.595. The number of rotatable bonds is 4. The average molecular weight is 425 g/mol. The first-order valence-electron chi connectivity index (χ1n) is 10.5. The molecule has 2 aliphatic heterocycles. The van der Waals surface area contributed by atoms with E-state index in [1.54, 1.807) is 24.3 Å². The van der Waals surface area contributed by atoms with Gasteiger partial charge in [0.25, 0.3) is 11.8 Å². The van der Waals surface area contributed by atoms with Crippen LogP contribution in [0.25, 0.3) is 0 Å². The number of fused-ring (bicyclic) bond motifs is 1. The highest BCUT2D eigenvalue weighted by Gasteiger charge is 2.56. The molecule has 3 aromatic rings. The van der Waals surface area contributed by atoms with E-state index < -0.39 is 24.0 Å². The number of ketones is 1. The van der Waals surface area contributed by atoms with Crippen LogP contribution in [-0.2, 0) is 4.79 Å². The molecule has 6 nitrogen and oxygen atoms in total. The molecule has 3 aromatic carbocycles. The topological polar surface area (TPSA) is 60.9 Å². The van der Waals surface area contributed by atoms with Crippen molar-refractivity contribution in [1.82, 2.24) is 4.90 Å². The second-order valence-electron chi connectivity index (χ2n) is 8.43. The molecule has 0 saturated carbocycles. The van der Waals surface area contributed by atoms with Crippen molar-refractivity contribution in [3.8, 4) is 0 Å². The summed E-state index contributed by atoms with van der Waals surface area (Å²) >= 11 is 0. The molecule has 6 heteroatoms. The van der Waals surface area contributed by atoms with Gasteiger partial charge in [-0.15, -0.1) is 0 Å². The highest BCUT2D eigenvalue weighted by Crippen LogP contribution is 2.43. The van der Waals surface area contributed by atoms with Gasteiger partial charge in [0.2, 0.25) is 5.78 Å². The van der Waals surface area contributed by atoms with Gasteiger partial charge < -0.3 is 9.80 Å². The van der Waals surface area contributed by atoms with Crippen molar-refractivity contribution in [3.05, 3.63) is 95.1 Å². The summed E-state index contributed by atoms with van der Waals surface area (Å²) in [7, 11) is 3.92.